The van der Waals surface area contributed by atoms with E-state index < -0.39 is 0 Å². The molecular weight excluding hydrogens is 400 g/mol. The number of pyridine rings is 1. The highest BCUT2D eigenvalue weighted by Crippen LogP contribution is 2.25. The lowest BCUT2D eigenvalue weighted by atomic mass is 9.85. The molecule has 0 bridgehead atoms. The molecule has 3 N–H and O–H groups in total. The topological polar surface area (TPSA) is 81.7 Å². The van der Waals surface area contributed by atoms with Gasteiger partial charge in [-0.2, -0.15) is 0 Å². The molecule has 2 fully saturated rings. The highest BCUT2D eigenvalue weighted by atomic mass is 16.1. The van der Waals surface area contributed by atoms with Gasteiger partial charge in [0.25, 0.3) is 0 Å². The molecule has 1 amide bonds. The van der Waals surface area contributed by atoms with Crippen molar-refractivity contribution in [2.75, 3.05) is 24.5 Å². The third-order valence-corrected chi connectivity index (χ3v) is 6.32. The molecule has 2 aliphatic rings. The van der Waals surface area contributed by atoms with Crippen LogP contribution in [0.5, 0.6) is 0 Å². The summed E-state index contributed by atoms with van der Waals surface area (Å²) in [6.07, 6.45) is 11.0. The monoisotopic (exact) mass is 442 g/mol. The first-order valence-electron chi connectivity index (χ1n) is 12.6. The molecule has 32 heavy (non-hydrogen) atoms. The van der Waals surface area contributed by atoms with Crippen LogP contribution in [-0.2, 0) is 11.3 Å². The molecular formula is C25H42N6O. The Morgan fingerprint density at radius 1 is 1.19 bits per heavy atom. The lowest BCUT2D eigenvalue weighted by molar-refractivity contribution is -0.126. The van der Waals surface area contributed by atoms with E-state index in [1.54, 1.807) is 0 Å². The van der Waals surface area contributed by atoms with Crippen LogP contribution in [0.25, 0.3) is 0 Å². The molecule has 1 aliphatic heterocycles. The Morgan fingerprint density at radius 2 is 1.97 bits per heavy atom. The average Bonchev–Trinajstić information content (AvgIpc) is 3.07. The first-order chi connectivity index (χ1) is 15.5. The molecule has 2 atom stereocenters. The van der Waals surface area contributed by atoms with E-state index in [2.05, 4.69) is 44.9 Å². The van der Waals surface area contributed by atoms with Gasteiger partial charge in [0, 0.05) is 43.8 Å². The highest BCUT2D eigenvalue weighted by Gasteiger charge is 2.28. The van der Waals surface area contributed by atoms with Gasteiger partial charge in [-0.15, -0.1) is 0 Å². The molecule has 7 heteroatoms. The molecule has 3 rings (SSSR count). The van der Waals surface area contributed by atoms with Crippen LogP contribution in [0.15, 0.2) is 23.3 Å². The number of nitrogens with one attached hydrogen (secondary N) is 3. The summed E-state index contributed by atoms with van der Waals surface area (Å²) in [5, 5.41) is 10.0. The summed E-state index contributed by atoms with van der Waals surface area (Å²) in [5.41, 5.74) is 1.18. The van der Waals surface area contributed by atoms with Gasteiger partial charge in [0.15, 0.2) is 5.96 Å². The maximum Gasteiger partial charge on any atom is 0.223 e. The molecule has 0 spiro atoms. The summed E-state index contributed by atoms with van der Waals surface area (Å²) in [5.74, 6) is 2.17. The second-order valence-electron chi connectivity index (χ2n) is 9.49. The fraction of sp³-hybridized carbons (Fsp3) is 0.720. The lowest BCUT2D eigenvalue weighted by Crippen LogP contribution is -2.47. The first kappa shape index (κ1) is 24.3. The number of rotatable bonds is 7. The van der Waals surface area contributed by atoms with Crippen molar-refractivity contribution in [2.45, 2.75) is 90.8 Å². The van der Waals surface area contributed by atoms with Crippen LogP contribution in [0.2, 0.25) is 0 Å². The van der Waals surface area contributed by atoms with Crippen molar-refractivity contribution in [3.63, 3.8) is 0 Å². The zero-order valence-electron chi connectivity index (χ0n) is 20.2. The summed E-state index contributed by atoms with van der Waals surface area (Å²) in [6.45, 7) is 9.73. The van der Waals surface area contributed by atoms with Crippen LogP contribution >= 0.6 is 0 Å². The number of carbonyl (C=O) groups is 1. The highest BCUT2D eigenvalue weighted by molar-refractivity contribution is 5.81. The van der Waals surface area contributed by atoms with E-state index in [0.29, 0.717) is 6.54 Å². The quantitative estimate of drug-likeness (QED) is 0.444. The Hall–Kier alpha value is -2.31. The summed E-state index contributed by atoms with van der Waals surface area (Å²) >= 11 is 0. The molecule has 2 unspecified atom stereocenters. The van der Waals surface area contributed by atoms with E-state index in [1.165, 1.54) is 31.2 Å². The second kappa shape index (κ2) is 12.7. The first-order valence-corrected chi connectivity index (χ1v) is 12.6. The molecule has 2 heterocycles. The normalized spacial score (nSPS) is 22.4. The van der Waals surface area contributed by atoms with E-state index in [9.17, 15) is 4.79 Å². The maximum absolute atomic E-state index is 12.5. The van der Waals surface area contributed by atoms with Gasteiger partial charge in [0.2, 0.25) is 5.91 Å². The van der Waals surface area contributed by atoms with Gasteiger partial charge in [-0.3, -0.25) is 4.79 Å². The summed E-state index contributed by atoms with van der Waals surface area (Å²) in [4.78, 5) is 24.3. The van der Waals surface area contributed by atoms with Crippen LogP contribution in [0.4, 0.5) is 5.82 Å². The average molecular weight is 443 g/mol. The van der Waals surface area contributed by atoms with E-state index in [0.717, 1.165) is 57.1 Å². The van der Waals surface area contributed by atoms with Crippen LogP contribution in [-0.4, -0.2) is 48.6 Å². The molecule has 1 aromatic rings. The van der Waals surface area contributed by atoms with Crippen molar-refractivity contribution in [2.24, 2.45) is 10.9 Å². The number of hydrogen-bond donors (Lipinski definition) is 3. The molecule has 1 saturated carbocycles. The summed E-state index contributed by atoms with van der Waals surface area (Å²) in [7, 11) is 0. The van der Waals surface area contributed by atoms with Gasteiger partial charge in [0.05, 0.1) is 6.54 Å². The number of anilines is 1. The molecule has 0 radical (unpaired) electrons. The van der Waals surface area contributed by atoms with Crippen molar-refractivity contribution in [1.29, 1.82) is 0 Å². The fourth-order valence-corrected chi connectivity index (χ4v) is 4.68. The van der Waals surface area contributed by atoms with Gasteiger partial charge >= 0.3 is 0 Å². The Bertz CT molecular complexity index is 742. The van der Waals surface area contributed by atoms with Gasteiger partial charge in [-0.25, -0.2) is 9.98 Å². The number of aliphatic imine (C=N–C) groups is 1. The van der Waals surface area contributed by atoms with E-state index in [1.807, 2.05) is 20.0 Å². The minimum absolute atomic E-state index is 0.0860. The molecule has 0 aromatic carbocycles. The Balaban J connectivity index is 1.60. The van der Waals surface area contributed by atoms with Crippen LogP contribution < -0.4 is 20.9 Å². The summed E-state index contributed by atoms with van der Waals surface area (Å²) in [6, 6.07) is 4.70. The Labute approximate surface area is 193 Å². The zero-order valence-corrected chi connectivity index (χ0v) is 20.2. The standard InChI is InChI=1S/C25H42N6O/c1-4-26-25(30-22-11-9-10-21(17-22)24(32)29-19(2)3)28-18-20-12-13-27-23(16-20)31-14-7-5-6-8-15-31/h12-13,16,19,21-22H,4-11,14-15,17-18H2,1-3H3,(H,29,32)(H2,26,28,30). The van der Waals surface area contributed by atoms with Gasteiger partial charge in [-0.1, -0.05) is 19.3 Å². The van der Waals surface area contributed by atoms with Crippen molar-refractivity contribution in [1.82, 2.24) is 20.9 Å². The smallest absolute Gasteiger partial charge is 0.223 e. The van der Waals surface area contributed by atoms with Crippen LogP contribution in [0.1, 0.15) is 77.7 Å². The second-order valence-corrected chi connectivity index (χ2v) is 9.49. The lowest BCUT2D eigenvalue weighted by Gasteiger charge is -2.30. The predicted molar refractivity (Wildman–Crippen MR) is 132 cm³/mol. The minimum Gasteiger partial charge on any atom is -0.357 e. The number of amides is 1. The van der Waals surface area contributed by atoms with E-state index in [4.69, 9.17) is 4.99 Å². The number of hydrogen-bond acceptors (Lipinski definition) is 4. The van der Waals surface area contributed by atoms with Crippen molar-refractivity contribution in [3.8, 4) is 0 Å². The van der Waals surface area contributed by atoms with E-state index in [-0.39, 0.29) is 23.9 Å². The SMILES string of the molecule is CCNC(=NCc1ccnc(N2CCCCCC2)c1)NC1CCCC(C(=O)NC(C)C)C1. The van der Waals surface area contributed by atoms with E-state index >= 15 is 0 Å². The van der Waals surface area contributed by atoms with Crippen LogP contribution in [0, 0.1) is 5.92 Å². The minimum atomic E-state index is 0.0860. The number of nitrogens with zero attached hydrogens (tertiary/aromatic N) is 3. The molecule has 1 aromatic heterocycles. The van der Waals surface area contributed by atoms with Gasteiger partial charge in [0.1, 0.15) is 5.82 Å². The Morgan fingerprint density at radius 3 is 2.69 bits per heavy atom. The maximum atomic E-state index is 12.5. The fourth-order valence-electron chi connectivity index (χ4n) is 4.68. The number of aromatic nitrogens is 1. The predicted octanol–water partition coefficient (Wildman–Crippen LogP) is 3.60. The molecule has 1 saturated heterocycles. The third kappa shape index (κ3) is 7.68. The number of guanidine groups is 1. The van der Waals surface area contributed by atoms with Gasteiger partial charge in [-0.05, 0) is 70.6 Å². The van der Waals surface area contributed by atoms with Crippen LogP contribution in [0.3, 0.4) is 0 Å². The summed E-state index contributed by atoms with van der Waals surface area (Å²) < 4.78 is 0. The zero-order chi connectivity index (χ0) is 22.8. The third-order valence-electron chi connectivity index (χ3n) is 6.32. The van der Waals surface area contributed by atoms with Gasteiger partial charge < -0.3 is 20.9 Å². The molecule has 1 aliphatic carbocycles. The largest absolute Gasteiger partial charge is 0.357 e. The van der Waals surface area contributed by atoms with Crippen molar-refractivity contribution < 1.29 is 4.79 Å². The van der Waals surface area contributed by atoms with Crippen molar-refractivity contribution >= 4 is 17.7 Å². The number of carbonyl (C=O) groups excluding carboxylic acids is 1. The van der Waals surface area contributed by atoms with Crippen molar-refractivity contribution in [3.05, 3.63) is 23.9 Å². The Kier molecular flexibility index (Phi) is 9.62. The molecule has 178 valence electrons. The molecule has 7 nitrogen and oxygen atoms in total.